The predicted octanol–water partition coefficient (Wildman–Crippen LogP) is 2.22. The van der Waals surface area contributed by atoms with E-state index >= 15 is 0 Å². The number of imidazole rings is 1. The summed E-state index contributed by atoms with van der Waals surface area (Å²) in [6.45, 7) is 0. The van der Waals surface area contributed by atoms with Crippen LogP contribution in [0.15, 0.2) is 36.5 Å². The topological polar surface area (TPSA) is 76.8 Å². The van der Waals surface area contributed by atoms with Crippen molar-refractivity contribution in [1.29, 1.82) is 0 Å². The minimum Gasteiger partial charge on any atom is -0.497 e. The van der Waals surface area contributed by atoms with Gasteiger partial charge in [-0.15, -0.1) is 0 Å². The van der Waals surface area contributed by atoms with Gasteiger partial charge in [0.2, 0.25) is 0 Å². The second kappa shape index (κ2) is 4.03. The molecule has 0 amide bonds. The third-order valence-corrected chi connectivity index (χ3v) is 2.77. The van der Waals surface area contributed by atoms with E-state index in [0.29, 0.717) is 17.2 Å². The number of nitrogen functional groups attached to an aromatic ring is 1. The van der Waals surface area contributed by atoms with Gasteiger partial charge in [-0.3, -0.25) is 0 Å². The normalized spacial score (nSPS) is 10.7. The molecule has 2 heterocycles. The molecule has 0 atom stereocenters. The first kappa shape index (κ1) is 10.6. The fourth-order valence-electron chi connectivity index (χ4n) is 1.86. The number of ether oxygens (including phenoxy) is 1. The number of nitrogens with zero attached hydrogens (tertiary/aromatic N) is 2. The van der Waals surface area contributed by atoms with Gasteiger partial charge in [0.1, 0.15) is 11.6 Å². The first-order valence-electron chi connectivity index (χ1n) is 5.52. The second-order valence-electron chi connectivity index (χ2n) is 3.91. The molecule has 0 aliphatic carbocycles. The number of methoxy groups -OCH3 is 1. The maximum absolute atomic E-state index is 5.99. The molecule has 2 aromatic heterocycles. The van der Waals surface area contributed by atoms with E-state index in [0.717, 1.165) is 16.8 Å². The molecule has 5 nitrogen and oxygen atoms in total. The van der Waals surface area contributed by atoms with Crippen molar-refractivity contribution in [2.24, 2.45) is 0 Å². The summed E-state index contributed by atoms with van der Waals surface area (Å²) >= 11 is 0. The van der Waals surface area contributed by atoms with E-state index in [-0.39, 0.29) is 0 Å². The quantitative estimate of drug-likeness (QED) is 0.673. The lowest BCUT2D eigenvalue weighted by molar-refractivity contribution is 0.415. The Morgan fingerprint density at radius 2 is 2.17 bits per heavy atom. The zero-order valence-corrected chi connectivity index (χ0v) is 9.84. The van der Waals surface area contributed by atoms with Crippen molar-refractivity contribution < 1.29 is 4.74 Å². The maximum Gasteiger partial charge on any atom is 0.178 e. The monoisotopic (exact) mass is 240 g/mol. The highest BCUT2D eigenvalue weighted by Crippen LogP contribution is 2.28. The molecule has 90 valence electrons. The van der Waals surface area contributed by atoms with E-state index in [1.807, 2.05) is 24.3 Å². The summed E-state index contributed by atoms with van der Waals surface area (Å²) in [5.74, 6) is 1.44. The van der Waals surface area contributed by atoms with E-state index in [1.54, 1.807) is 19.4 Å². The highest BCUT2D eigenvalue weighted by Gasteiger charge is 2.09. The number of nitrogens with two attached hydrogens (primary N) is 1. The van der Waals surface area contributed by atoms with Gasteiger partial charge in [0.25, 0.3) is 0 Å². The van der Waals surface area contributed by atoms with Crippen LogP contribution in [0.2, 0.25) is 0 Å². The van der Waals surface area contributed by atoms with Crippen molar-refractivity contribution in [2.75, 3.05) is 12.8 Å². The molecule has 0 unspecified atom stereocenters. The first-order chi connectivity index (χ1) is 8.78. The molecule has 3 aromatic rings. The molecule has 0 fully saturated rings. The number of nitrogens with one attached hydrogen (secondary N) is 1. The van der Waals surface area contributed by atoms with Crippen LogP contribution in [0.25, 0.3) is 22.6 Å². The molecule has 0 bridgehead atoms. The molecule has 0 saturated heterocycles. The molecule has 1 aromatic carbocycles. The third-order valence-electron chi connectivity index (χ3n) is 2.77. The molecule has 0 aliphatic rings. The Morgan fingerprint density at radius 3 is 2.89 bits per heavy atom. The number of benzene rings is 1. The Balaban J connectivity index is 2.14. The van der Waals surface area contributed by atoms with Gasteiger partial charge in [0, 0.05) is 23.5 Å². The second-order valence-corrected chi connectivity index (χ2v) is 3.91. The van der Waals surface area contributed by atoms with Gasteiger partial charge in [0.15, 0.2) is 5.65 Å². The Kier molecular flexibility index (Phi) is 2.37. The van der Waals surface area contributed by atoms with Crippen LogP contribution in [0.5, 0.6) is 5.75 Å². The van der Waals surface area contributed by atoms with Crippen molar-refractivity contribution in [2.45, 2.75) is 0 Å². The summed E-state index contributed by atoms with van der Waals surface area (Å²) in [5, 5.41) is 0. The molecule has 0 spiro atoms. The number of fused-ring (bicyclic) bond motifs is 1. The van der Waals surface area contributed by atoms with E-state index in [2.05, 4.69) is 15.0 Å². The van der Waals surface area contributed by atoms with Crippen molar-refractivity contribution in [1.82, 2.24) is 15.0 Å². The van der Waals surface area contributed by atoms with E-state index in [1.165, 1.54) is 0 Å². The summed E-state index contributed by atoms with van der Waals surface area (Å²) in [4.78, 5) is 11.8. The maximum atomic E-state index is 5.99. The molecule has 0 saturated carbocycles. The molecule has 0 aliphatic heterocycles. The number of hydrogen-bond acceptors (Lipinski definition) is 4. The smallest absolute Gasteiger partial charge is 0.178 e. The summed E-state index contributed by atoms with van der Waals surface area (Å²) in [7, 11) is 1.61. The Labute approximate surface area is 104 Å². The molecule has 18 heavy (non-hydrogen) atoms. The fourth-order valence-corrected chi connectivity index (χ4v) is 1.86. The highest BCUT2D eigenvalue weighted by atomic mass is 16.5. The average Bonchev–Trinajstić information content (AvgIpc) is 2.81. The lowest BCUT2D eigenvalue weighted by Gasteiger charge is -2.05. The Morgan fingerprint density at radius 1 is 1.28 bits per heavy atom. The molecule has 5 heteroatoms. The molecule has 3 N–H and O–H groups in total. The number of H-pyrrole nitrogens is 1. The number of aromatic nitrogens is 3. The van der Waals surface area contributed by atoms with Crippen LogP contribution in [-0.4, -0.2) is 22.1 Å². The van der Waals surface area contributed by atoms with Crippen LogP contribution in [0.4, 0.5) is 5.69 Å². The van der Waals surface area contributed by atoms with Crippen molar-refractivity contribution in [3.63, 3.8) is 0 Å². The minimum atomic E-state index is 0.619. The van der Waals surface area contributed by atoms with E-state index in [4.69, 9.17) is 10.5 Å². The van der Waals surface area contributed by atoms with Crippen molar-refractivity contribution in [3.8, 4) is 17.1 Å². The van der Waals surface area contributed by atoms with E-state index < -0.39 is 0 Å². The van der Waals surface area contributed by atoms with Gasteiger partial charge in [-0.05, 0) is 24.3 Å². The minimum absolute atomic E-state index is 0.619. The number of rotatable bonds is 2. The predicted molar refractivity (Wildman–Crippen MR) is 70.3 cm³/mol. The lowest BCUT2D eigenvalue weighted by Crippen LogP contribution is -1.93. The summed E-state index contributed by atoms with van der Waals surface area (Å²) < 4.78 is 5.12. The van der Waals surface area contributed by atoms with Crippen LogP contribution in [0.3, 0.4) is 0 Å². The largest absolute Gasteiger partial charge is 0.497 e. The van der Waals surface area contributed by atoms with Gasteiger partial charge in [-0.2, -0.15) is 0 Å². The third kappa shape index (κ3) is 1.66. The summed E-state index contributed by atoms with van der Waals surface area (Å²) in [5.41, 5.74) is 9.03. The molecule has 0 radical (unpaired) electrons. The molecular weight excluding hydrogens is 228 g/mol. The standard InChI is InChI=1S/C13H12N4O/c1-18-8-4-5-9(10(14)7-8)12-16-11-3-2-6-15-13(11)17-12/h2-7H,14H2,1H3,(H,15,16,17). The first-order valence-corrected chi connectivity index (χ1v) is 5.52. The van der Waals surface area contributed by atoms with Crippen molar-refractivity contribution in [3.05, 3.63) is 36.5 Å². The van der Waals surface area contributed by atoms with Gasteiger partial charge >= 0.3 is 0 Å². The molecule has 3 rings (SSSR count). The van der Waals surface area contributed by atoms with Gasteiger partial charge < -0.3 is 15.5 Å². The Bertz CT molecular complexity index is 672. The van der Waals surface area contributed by atoms with Crippen molar-refractivity contribution >= 4 is 16.9 Å². The number of hydrogen-bond donors (Lipinski definition) is 2. The lowest BCUT2D eigenvalue weighted by atomic mass is 10.1. The van der Waals surface area contributed by atoms with E-state index in [9.17, 15) is 0 Å². The van der Waals surface area contributed by atoms with Crippen LogP contribution < -0.4 is 10.5 Å². The van der Waals surface area contributed by atoms with Crippen LogP contribution >= 0.6 is 0 Å². The summed E-state index contributed by atoms with van der Waals surface area (Å²) in [6.07, 6.45) is 1.71. The van der Waals surface area contributed by atoms with Gasteiger partial charge in [-0.25, -0.2) is 9.97 Å². The SMILES string of the molecule is COc1ccc(-c2nc3ncccc3[nH]2)c(N)c1. The summed E-state index contributed by atoms with van der Waals surface area (Å²) in [6, 6.07) is 9.30. The Hall–Kier alpha value is -2.56. The highest BCUT2D eigenvalue weighted by molar-refractivity contribution is 5.80. The van der Waals surface area contributed by atoms with Gasteiger partial charge in [0.05, 0.1) is 12.6 Å². The number of aromatic amines is 1. The number of pyridine rings is 1. The van der Waals surface area contributed by atoms with Gasteiger partial charge in [-0.1, -0.05) is 0 Å². The van der Waals surface area contributed by atoms with Crippen LogP contribution in [0, 0.1) is 0 Å². The fraction of sp³-hybridized carbons (Fsp3) is 0.0769. The zero-order chi connectivity index (χ0) is 12.5. The average molecular weight is 240 g/mol. The number of anilines is 1. The van der Waals surface area contributed by atoms with Crippen LogP contribution in [0.1, 0.15) is 0 Å². The van der Waals surface area contributed by atoms with Crippen LogP contribution in [-0.2, 0) is 0 Å². The zero-order valence-electron chi connectivity index (χ0n) is 9.84. The molecular formula is C13H12N4O.